The van der Waals surface area contributed by atoms with Crippen molar-refractivity contribution in [2.75, 3.05) is 13.3 Å². The van der Waals surface area contributed by atoms with E-state index in [1.807, 2.05) is 19.1 Å². The normalized spacial score (nSPS) is 18.1. The van der Waals surface area contributed by atoms with Gasteiger partial charge in [0.25, 0.3) is 5.91 Å². The molecule has 1 amide bonds. The molecule has 0 aliphatic carbocycles. The molecule has 2 aromatic rings. The predicted molar refractivity (Wildman–Crippen MR) is 114 cm³/mol. The maximum Gasteiger partial charge on any atom is 0.335 e. The Kier molecular flexibility index (Phi) is 5.33. The summed E-state index contributed by atoms with van der Waals surface area (Å²) in [5.74, 6) is 0.161. The molecule has 0 spiro atoms. The van der Waals surface area contributed by atoms with E-state index in [9.17, 15) is 9.59 Å². The number of aliphatic imine (C=N–C) groups is 1. The lowest BCUT2D eigenvalue weighted by Gasteiger charge is -2.12. The van der Waals surface area contributed by atoms with Crippen molar-refractivity contribution in [3.8, 4) is 11.5 Å². The second-order valence-corrected chi connectivity index (χ2v) is 8.00. The summed E-state index contributed by atoms with van der Waals surface area (Å²) >= 11 is 4.78. The van der Waals surface area contributed by atoms with E-state index in [2.05, 4.69) is 20.9 Å². The van der Waals surface area contributed by atoms with E-state index >= 15 is 0 Å². The van der Waals surface area contributed by atoms with Gasteiger partial charge in [0.1, 0.15) is 0 Å². The van der Waals surface area contributed by atoms with Crippen molar-refractivity contribution in [2.45, 2.75) is 6.92 Å². The average molecular weight is 475 g/mol. The smallest absolute Gasteiger partial charge is 0.335 e. The van der Waals surface area contributed by atoms with Gasteiger partial charge < -0.3 is 14.6 Å². The lowest BCUT2D eigenvalue weighted by atomic mass is 10.2. The number of ether oxygens (including phenoxy) is 2. The Bertz CT molecular complexity index is 1070. The van der Waals surface area contributed by atoms with E-state index in [1.165, 1.54) is 23.9 Å². The zero-order valence-corrected chi connectivity index (χ0v) is 17.6. The van der Waals surface area contributed by atoms with Gasteiger partial charge in [-0.15, -0.1) is 0 Å². The first-order valence-electron chi connectivity index (χ1n) is 8.69. The molecule has 1 saturated heterocycles. The van der Waals surface area contributed by atoms with Crippen LogP contribution >= 0.6 is 27.7 Å². The van der Waals surface area contributed by atoms with Crippen LogP contribution in [0, 0.1) is 0 Å². The number of nitrogens with zero attached hydrogens (tertiary/aromatic N) is 2. The average Bonchev–Trinajstić information content (AvgIpc) is 3.26. The first-order chi connectivity index (χ1) is 14.0. The monoisotopic (exact) mass is 474 g/mol. The summed E-state index contributed by atoms with van der Waals surface area (Å²) in [7, 11) is 0. The molecule has 0 unspecified atom stereocenters. The fourth-order valence-corrected chi connectivity index (χ4v) is 4.33. The Balaban J connectivity index is 1.65. The van der Waals surface area contributed by atoms with Gasteiger partial charge in [0.2, 0.25) is 6.79 Å². The topological polar surface area (TPSA) is 88.4 Å². The minimum atomic E-state index is -0.996. The van der Waals surface area contributed by atoms with Crippen LogP contribution < -0.4 is 9.47 Å². The molecule has 0 atom stereocenters. The summed E-state index contributed by atoms with van der Waals surface area (Å²) in [6.45, 7) is 2.52. The van der Waals surface area contributed by atoms with Crippen molar-refractivity contribution >= 4 is 56.5 Å². The van der Waals surface area contributed by atoms with Gasteiger partial charge in [0.05, 0.1) is 16.2 Å². The minimum Gasteiger partial charge on any atom is -0.478 e. The molecular weight excluding hydrogens is 460 g/mol. The predicted octanol–water partition coefficient (Wildman–Crippen LogP) is 4.50. The van der Waals surface area contributed by atoms with E-state index < -0.39 is 5.97 Å². The van der Waals surface area contributed by atoms with E-state index in [0.717, 1.165) is 10.0 Å². The number of benzene rings is 2. The molecule has 9 heteroatoms. The third kappa shape index (κ3) is 3.88. The number of hydrogen-bond acceptors (Lipinski definition) is 6. The van der Waals surface area contributed by atoms with Crippen LogP contribution in [-0.2, 0) is 4.79 Å². The Labute approximate surface area is 179 Å². The van der Waals surface area contributed by atoms with Crippen LogP contribution in [0.5, 0.6) is 11.5 Å². The van der Waals surface area contributed by atoms with Gasteiger partial charge in [-0.2, -0.15) is 0 Å². The summed E-state index contributed by atoms with van der Waals surface area (Å²) in [5.41, 5.74) is 1.56. The van der Waals surface area contributed by atoms with Crippen molar-refractivity contribution in [1.29, 1.82) is 0 Å². The van der Waals surface area contributed by atoms with E-state index in [4.69, 9.17) is 14.6 Å². The van der Waals surface area contributed by atoms with Crippen molar-refractivity contribution in [1.82, 2.24) is 4.90 Å². The van der Waals surface area contributed by atoms with Crippen LogP contribution in [0.3, 0.4) is 0 Å². The summed E-state index contributed by atoms with van der Waals surface area (Å²) in [6.07, 6.45) is 1.79. The number of rotatable bonds is 4. The van der Waals surface area contributed by atoms with Gasteiger partial charge in [-0.25, -0.2) is 9.79 Å². The van der Waals surface area contributed by atoms with E-state index in [1.54, 1.807) is 23.1 Å². The van der Waals surface area contributed by atoms with Crippen molar-refractivity contribution in [3.63, 3.8) is 0 Å². The lowest BCUT2D eigenvalue weighted by molar-refractivity contribution is -0.122. The largest absolute Gasteiger partial charge is 0.478 e. The molecule has 4 rings (SSSR count). The molecule has 1 N–H and O–H groups in total. The Morgan fingerprint density at radius 3 is 2.62 bits per heavy atom. The zero-order valence-electron chi connectivity index (χ0n) is 15.2. The highest BCUT2D eigenvalue weighted by atomic mass is 79.9. The molecular formula is C20H15BrN2O5S. The van der Waals surface area contributed by atoms with Gasteiger partial charge in [-0.05, 0) is 66.7 Å². The third-order valence-electron chi connectivity index (χ3n) is 4.32. The molecule has 2 aromatic carbocycles. The Morgan fingerprint density at radius 1 is 1.28 bits per heavy atom. The molecule has 0 saturated carbocycles. The quantitative estimate of drug-likeness (QED) is 0.656. The number of carbonyl (C=O) groups excluding carboxylic acids is 1. The number of amides is 1. The zero-order chi connectivity index (χ0) is 20.5. The lowest BCUT2D eigenvalue weighted by Crippen LogP contribution is -2.28. The number of likely N-dealkylation sites (N-methyl/N-ethyl adjacent to an activating group) is 1. The first-order valence-corrected chi connectivity index (χ1v) is 10.3. The molecule has 1 fully saturated rings. The number of halogens is 1. The standard InChI is InChI=1S/C20H15BrN2O5S/c1-2-23-18(24)17(8-12-7-15-16(9-14(12)21)28-10-27-15)29-20(23)22-13-5-3-11(4-6-13)19(25)26/h3-9H,2,10H2,1H3,(H,25,26)/b17-8-,22-20?. The fourth-order valence-electron chi connectivity index (χ4n) is 2.84. The molecule has 0 bridgehead atoms. The van der Waals surface area contributed by atoms with E-state index in [-0.39, 0.29) is 18.3 Å². The Hall–Kier alpha value is -2.78. The molecule has 0 aromatic heterocycles. The van der Waals surface area contributed by atoms with Crippen LogP contribution in [0.4, 0.5) is 5.69 Å². The number of hydrogen-bond donors (Lipinski definition) is 1. The second-order valence-electron chi connectivity index (χ2n) is 6.13. The van der Waals surface area contributed by atoms with Gasteiger partial charge in [0, 0.05) is 11.0 Å². The highest BCUT2D eigenvalue weighted by molar-refractivity contribution is 9.10. The minimum absolute atomic E-state index is 0.136. The number of thioether (sulfide) groups is 1. The van der Waals surface area contributed by atoms with Crippen LogP contribution in [0.2, 0.25) is 0 Å². The van der Waals surface area contributed by atoms with Crippen LogP contribution in [0.1, 0.15) is 22.8 Å². The molecule has 148 valence electrons. The molecule has 2 heterocycles. The number of carboxylic acid groups (broad SMARTS) is 1. The Morgan fingerprint density at radius 2 is 1.97 bits per heavy atom. The summed E-state index contributed by atoms with van der Waals surface area (Å²) in [4.78, 5) is 30.5. The van der Waals surface area contributed by atoms with Gasteiger partial charge in [-0.1, -0.05) is 15.9 Å². The first kappa shape index (κ1) is 19.5. The number of carbonyl (C=O) groups is 2. The summed E-state index contributed by atoms with van der Waals surface area (Å²) < 4.78 is 11.6. The number of amidine groups is 1. The number of carboxylic acids is 1. The molecule has 29 heavy (non-hydrogen) atoms. The van der Waals surface area contributed by atoms with Crippen LogP contribution in [0.15, 0.2) is 50.8 Å². The van der Waals surface area contributed by atoms with Gasteiger partial charge in [0.15, 0.2) is 16.7 Å². The van der Waals surface area contributed by atoms with Crippen LogP contribution in [0.25, 0.3) is 6.08 Å². The van der Waals surface area contributed by atoms with Crippen molar-refractivity contribution in [3.05, 3.63) is 56.9 Å². The van der Waals surface area contributed by atoms with Crippen LogP contribution in [-0.4, -0.2) is 40.4 Å². The van der Waals surface area contributed by atoms with Crippen molar-refractivity contribution in [2.24, 2.45) is 4.99 Å². The fraction of sp³-hybridized carbons (Fsp3) is 0.150. The van der Waals surface area contributed by atoms with Gasteiger partial charge >= 0.3 is 5.97 Å². The second kappa shape index (κ2) is 7.92. The molecule has 2 aliphatic heterocycles. The maximum absolute atomic E-state index is 12.8. The SMILES string of the molecule is CCN1C(=O)/C(=C/c2cc3c(cc2Br)OCO3)SC1=Nc1ccc(C(=O)O)cc1. The number of aromatic carboxylic acids is 1. The highest BCUT2D eigenvalue weighted by Crippen LogP contribution is 2.40. The summed E-state index contributed by atoms with van der Waals surface area (Å²) in [5, 5.41) is 9.55. The number of fused-ring (bicyclic) bond motifs is 1. The van der Waals surface area contributed by atoms with E-state index in [0.29, 0.717) is 33.8 Å². The van der Waals surface area contributed by atoms with Crippen molar-refractivity contribution < 1.29 is 24.2 Å². The molecule has 2 aliphatic rings. The summed E-state index contributed by atoms with van der Waals surface area (Å²) in [6, 6.07) is 9.84. The van der Waals surface area contributed by atoms with Gasteiger partial charge in [-0.3, -0.25) is 9.69 Å². The highest BCUT2D eigenvalue weighted by Gasteiger charge is 2.32. The molecule has 7 nitrogen and oxygen atoms in total. The maximum atomic E-state index is 12.8. The third-order valence-corrected chi connectivity index (χ3v) is 6.02. The molecule has 0 radical (unpaired) electrons.